The van der Waals surface area contributed by atoms with Crippen molar-refractivity contribution < 1.29 is 19.3 Å². The van der Waals surface area contributed by atoms with Crippen molar-refractivity contribution in [3.05, 3.63) is 32.6 Å². The van der Waals surface area contributed by atoms with E-state index in [-0.39, 0.29) is 25.7 Å². The summed E-state index contributed by atoms with van der Waals surface area (Å²) in [5, 5.41) is 21.1. The number of hydrogen-bond donors (Lipinski definition) is 3. The van der Waals surface area contributed by atoms with Gasteiger partial charge < -0.3 is 14.9 Å². The molecule has 4 rings (SSSR count). The molecule has 1 aliphatic heterocycles. The molecule has 3 aliphatic rings. The maximum atomic E-state index is 14.6. The van der Waals surface area contributed by atoms with Gasteiger partial charge in [0.2, 0.25) is 0 Å². The summed E-state index contributed by atoms with van der Waals surface area (Å²) in [5.41, 5.74) is -5.83. The van der Waals surface area contributed by atoms with Crippen LogP contribution in [0.15, 0.2) is 15.8 Å². The summed E-state index contributed by atoms with van der Waals surface area (Å²) in [4.78, 5) is 25.5. The topological polar surface area (TPSA) is 105 Å². The second-order valence-corrected chi connectivity index (χ2v) is 6.82. The first-order valence-electron chi connectivity index (χ1n) is 7.30. The Bertz CT molecular complexity index is 775. The number of hydrogen-bond acceptors (Lipinski definition) is 5. The van der Waals surface area contributed by atoms with E-state index in [0.29, 0.717) is 5.56 Å². The largest absolute Gasteiger partial charge is 0.387 e. The predicted octanol–water partition coefficient (Wildman–Crippen LogP) is -0.499. The van der Waals surface area contributed by atoms with Crippen molar-refractivity contribution >= 4 is 0 Å². The van der Waals surface area contributed by atoms with Crippen LogP contribution in [-0.4, -0.2) is 42.7 Å². The third-order valence-corrected chi connectivity index (χ3v) is 5.46. The van der Waals surface area contributed by atoms with Crippen molar-refractivity contribution in [1.82, 2.24) is 9.55 Å². The summed E-state index contributed by atoms with van der Waals surface area (Å²) in [6.07, 6.45) is -0.332. The van der Waals surface area contributed by atoms with Gasteiger partial charge in [-0.3, -0.25) is 14.3 Å². The highest BCUT2D eigenvalue weighted by Crippen LogP contribution is 2.64. The van der Waals surface area contributed by atoms with Crippen LogP contribution in [0.3, 0.4) is 0 Å². The van der Waals surface area contributed by atoms with E-state index in [2.05, 4.69) is 4.98 Å². The fourth-order valence-corrected chi connectivity index (χ4v) is 4.17. The minimum atomic E-state index is -1.82. The lowest BCUT2D eigenvalue weighted by Gasteiger charge is -2.47. The molecule has 22 heavy (non-hydrogen) atoms. The number of aromatic amines is 1. The molecule has 1 aromatic heterocycles. The van der Waals surface area contributed by atoms with Crippen LogP contribution in [0.1, 0.15) is 37.5 Å². The smallest absolute Gasteiger partial charge is 0.330 e. The number of alkyl halides is 1. The SMILES string of the molecule is Cc1cn(C2CC3(O)CC4(F)CCC4(O)C3O2)c(=O)[nH]c1=O. The van der Waals surface area contributed by atoms with Gasteiger partial charge in [-0.2, -0.15) is 0 Å². The summed E-state index contributed by atoms with van der Waals surface area (Å²) >= 11 is 0. The van der Waals surface area contributed by atoms with Crippen molar-refractivity contribution in [2.75, 3.05) is 0 Å². The van der Waals surface area contributed by atoms with Gasteiger partial charge in [0.05, 0.1) is 0 Å². The van der Waals surface area contributed by atoms with Gasteiger partial charge in [-0.1, -0.05) is 0 Å². The third-order valence-electron chi connectivity index (χ3n) is 5.46. The monoisotopic (exact) mass is 312 g/mol. The molecular formula is C14H17FN2O5. The average molecular weight is 312 g/mol. The lowest BCUT2D eigenvalue weighted by molar-refractivity contribution is -0.220. The van der Waals surface area contributed by atoms with Crippen molar-refractivity contribution in [2.24, 2.45) is 0 Å². The maximum absolute atomic E-state index is 14.6. The predicted molar refractivity (Wildman–Crippen MR) is 72.2 cm³/mol. The van der Waals surface area contributed by atoms with Crippen molar-refractivity contribution in [3.8, 4) is 0 Å². The quantitative estimate of drug-likeness (QED) is 0.648. The molecule has 0 aromatic carbocycles. The first-order chi connectivity index (χ1) is 10.2. The van der Waals surface area contributed by atoms with Crippen LogP contribution in [0.2, 0.25) is 0 Å². The second-order valence-electron chi connectivity index (χ2n) is 6.82. The van der Waals surface area contributed by atoms with Gasteiger partial charge in [-0.25, -0.2) is 9.18 Å². The first-order valence-corrected chi connectivity index (χ1v) is 7.30. The van der Waals surface area contributed by atoms with E-state index < -0.39 is 40.5 Å². The molecule has 2 aliphatic carbocycles. The first kappa shape index (κ1) is 14.1. The molecule has 5 unspecified atom stereocenters. The van der Waals surface area contributed by atoms with Gasteiger partial charge in [-0.15, -0.1) is 0 Å². The Morgan fingerprint density at radius 2 is 2.14 bits per heavy atom. The number of fused-ring (bicyclic) bond motifs is 3. The van der Waals surface area contributed by atoms with Crippen LogP contribution in [0.4, 0.5) is 4.39 Å². The summed E-state index contributed by atoms with van der Waals surface area (Å²) in [7, 11) is 0. The Hall–Kier alpha value is -1.51. The van der Waals surface area contributed by atoms with Gasteiger partial charge in [0.1, 0.15) is 29.2 Å². The number of nitrogens with one attached hydrogen (secondary N) is 1. The van der Waals surface area contributed by atoms with Gasteiger partial charge in [0, 0.05) is 24.6 Å². The molecule has 0 spiro atoms. The number of ether oxygens (including phenoxy) is 1. The molecule has 0 amide bonds. The Balaban J connectivity index is 1.72. The lowest BCUT2D eigenvalue weighted by atomic mass is 9.68. The highest BCUT2D eigenvalue weighted by Gasteiger charge is 2.78. The number of aryl methyl sites for hydroxylation is 1. The molecule has 1 aromatic rings. The fourth-order valence-electron chi connectivity index (χ4n) is 4.17. The van der Waals surface area contributed by atoms with E-state index in [4.69, 9.17) is 4.74 Å². The van der Waals surface area contributed by atoms with Crippen LogP contribution >= 0.6 is 0 Å². The van der Waals surface area contributed by atoms with Gasteiger partial charge in [0.25, 0.3) is 5.56 Å². The highest BCUT2D eigenvalue weighted by atomic mass is 19.1. The molecule has 2 heterocycles. The Morgan fingerprint density at radius 1 is 1.41 bits per heavy atom. The fraction of sp³-hybridized carbons (Fsp3) is 0.714. The number of aromatic nitrogens is 2. The third kappa shape index (κ3) is 1.50. The number of H-pyrrole nitrogens is 1. The zero-order chi connectivity index (χ0) is 15.9. The molecule has 0 bridgehead atoms. The minimum Gasteiger partial charge on any atom is -0.387 e. The maximum Gasteiger partial charge on any atom is 0.330 e. The number of halogens is 1. The van der Waals surface area contributed by atoms with E-state index in [1.54, 1.807) is 6.92 Å². The highest BCUT2D eigenvalue weighted by molar-refractivity contribution is 5.28. The molecule has 8 heteroatoms. The number of nitrogens with zero attached hydrogens (tertiary/aromatic N) is 1. The second kappa shape index (κ2) is 3.87. The van der Waals surface area contributed by atoms with Gasteiger partial charge in [0.15, 0.2) is 0 Å². The van der Waals surface area contributed by atoms with Gasteiger partial charge in [-0.05, 0) is 19.8 Å². The summed E-state index contributed by atoms with van der Waals surface area (Å²) < 4.78 is 21.4. The number of aliphatic hydroxyl groups is 2. The Morgan fingerprint density at radius 3 is 2.77 bits per heavy atom. The molecule has 5 atom stereocenters. The Labute approximate surface area is 124 Å². The van der Waals surface area contributed by atoms with Crippen molar-refractivity contribution in [1.29, 1.82) is 0 Å². The molecule has 120 valence electrons. The van der Waals surface area contributed by atoms with Gasteiger partial charge >= 0.3 is 5.69 Å². The van der Waals surface area contributed by atoms with E-state index in [0.717, 1.165) is 0 Å². The van der Waals surface area contributed by atoms with Crippen LogP contribution in [0, 0.1) is 6.92 Å². The number of rotatable bonds is 1. The van der Waals surface area contributed by atoms with Crippen molar-refractivity contribution in [2.45, 2.75) is 61.8 Å². The molecule has 0 radical (unpaired) electrons. The molecule has 3 fully saturated rings. The lowest BCUT2D eigenvalue weighted by Crippen LogP contribution is -2.62. The molecular weight excluding hydrogens is 295 g/mol. The molecule has 2 saturated carbocycles. The van der Waals surface area contributed by atoms with Crippen LogP contribution in [0.5, 0.6) is 0 Å². The van der Waals surface area contributed by atoms with Crippen LogP contribution in [-0.2, 0) is 4.74 Å². The Kier molecular flexibility index (Phi) is 2.48. The van der Waals surface area contributed by atoms with Crippen molar-refractivity contribution in [3.63, 3.8) is 0 Å². The summed E-state index contributed by atoms with van der Waals surface area (Å²) in [6, 6.07) is 0. The van der Waals surface area contributed by atoms with Crippen LogP contribution in [0.25, 0.3) is 0 Å². The van der Waals surface area contributed by atoms with E-state index in [1.807, 2.05) is 0 Å². The minimum absolute atomic E-state index is 0.00294. The average Bonchev–Trinajstić information content (AvgIpc) is 2.82. The van der Waals surface area contributed by atoms with Crippen LogP contribution < -0.4 is 11.2 Å². The molecule has 1 saturated heterocycles. The zero-order valence-electron chi connectivity index (χ0n) is 12.0. The van der Waals surface area contributed by atoms with E-state index >= 15 is 0 Å². The normalized spacial score (nSPS) is 46.2. The van der Waals surface area contributed by atoms with E-state index in [9.17, 15) is 24.2 Å². The zero-order valence-corrected chi connectivity index (χ0v) is 12.0. The standard InChI is InChI=1S/C14H17FN2O5/c1-7-5-17(11(19)16-9(7)18)8-4-12(20)6-13(15)2-3-14(13,21)10(12)22-8/h5,8,10,20-21H,2-4,6H2,1H3,(H,16,18,19). The molecule has 7 nitrogen and oxygen atoms in total. The summed E-state index contributed by atoms with van der Waals surface area (Å²) in [6.45, 7) is 1.55. The van der Waals surface area contributed by atoms with E-state index in [1.165, 1.54) is 10.8 Å². The summed E-state index contributed by atoms with van der Waals surface area (Å²) in [5.74, 6) is 0. The molecule has 3 N–H and O–H groups in total.